The maximum absolute atomic E-state index is 11.5. The van der Waals surface area contributed by atoms with E-state index in [4.69, 9.17) is 23.4 Å². The Labute approximate surface area is 198 Å². The smallest absolute Gasteiger partial charge is 0.336 e. The Morgan fingerprint density at radius 3 is 2.49 bits per heavy atom. The molecule has 2 aliphatic heterocycles. The molecule has 0 radical (unpaired) electrons. The number of fused-ring (bicyclic) bond motifs is 1. The molecule has 1 aromatic carbocycles. The van der Waals surface area contributed by atoms with E-state index in [1.807, 2.05) is 0 Å². The van der Waals surface area contributed by atoms with Crippen molar-refractivity contribution in [3.05, 3.63) is 34.7 Å². The molecule has 2 saturated heterocycles. The van der Waals surface area contributed by atoms with Crippen molar-refractivity contribution in [2.75, 3.05) is 19.8 Å². The number of hydrogen-bond acceptors (Lipinski definition) is 13. The predicted molar refractivity (Wildman–Crippen MR) is 114 cm³/mol. The third-order valence-electron chi connectivity index (χ3n) is 6.56. The Bertz CT molecular complexity index is 1130. The van der Waals surface area contributed by atoms with Gasteiger partial charge in [0.25, 0.3) is 0 Å². The number of rotatable bonds is 6. The van der Waals surface area contributed by atoms with Gasteiger partial charge in [0.05, 0.1) is 19.8 Å². The van der Waals surface area contributed by atoms with Crippen LogP contribution in [0.25, 0.3) is 11.0 Å². The summed E-state index contributed by atoms with van der Waals surface area (Å²) in [6.45, 7) is 0.637. The van der Waals surface area contributed by atoms with Crippen LogP contribution in [0.1, 0.15) is 13.8 Å². The number of phenols is 1. The molecule has 0 spiro atoms. The summed E-state index contributed by atoms with van der Waals surface area (Å²) >= 11 is 0. The van der Waals surface area contributed by atoms with E-state index in [0.717, 1.165) is 6.92 Å². The van der Waals surface area contributed by atoms with Gasteiger partial charge in [0, 0.05) is 17.5 Å². The molecule has 13 heteroatoms. The van der Waals surface area contributed by atoms with Crippen molar-refractivity contribution >= 4 is 11.0 Å². The van der Waals surface area contributed by atoms with E-state index < -0.39 is 73.1 Å². The highest BCUT2D eigenvalue weighted by atomic mass is 16.7. The molecule has 2 aliphatic rings. The second-order valence-electron chi connectivity index (χ2n) is 9.21. The fourth-order valence-corrected chi connectivity index (χ4v) is 3.98. The van der Waals surface area contributed by atoms with E-state index in [1.165, 1.54) is 31.2 Å². The highest BCUT2D eigenvalue weighted by Gasteiger charge is 2.59. The summed E-state index contributed by atoms with van der Waals surface area (Å²) < 4.78 is 27.0. The van der Waals surface area contributed by atoms with Crippen LogP contribution in [0.15, 0.2) is 33.5 Å². The molecular weight excluding hydrogens is 472 g/mol. The molecule has 1 aromatic heterocycles. The van der Waals surface area contributed by atoms with E-state index in [9.17, 15) is 40.5 Å². The summed E-state index contributed by atoms with van der Waals surface area (Å²) in [6, 6.07) is 5.07. The van der Waals surface area contributed by atoms with Gasteiger partial charge in [0.1, 0.15) is 35.1 Å². The first-order valence-corrected chi connectivity index (χ1v) is 10.8. The fourth-order valence-electron chi connectivity index (χ4n) is 3.98. The van der Waals surface area contributed by atoms with Gasteiger partial charge in [0.2, 0.25) is 6.29 Å². The van der Waals surface area contributed by atoms with E-state index in [0.29, 0.717) is 5.39 Å². The lowest BCUT2D eigenvalue weighted by Gasteiger charge is -2.46. The van der Waals surface area contributed by atoms with Crippen molar-refractivity contribution < 1.29 is 59.1 Å². The largest absolute Gasteiger partial charge is 0.504 e. The molecule has 2 fully saturated rings. The van der Waals surface area contributed by atoms with Crippen molar-refractivity contribution in [3.8, 4) is 11.5 Å². The highest BCUT2D eigenvalue weighted by molar-refractivity contribution is 5.80. The summed E-state index contributed by atoms with van der Waals surface area (Å²) in [5.41, 5.74) is -6.72. The van der Waals surface area contributed by atoms with Gasteiger partial charge in [-0.05, 0) is 26.0 Å². The Hall–Kier alpha value is -2.33. The maximum Gasteiger partial charge on any atom is 0.336 e. The number of aliphatic hydroxyl groups excluding tert-OH is 3. The van der Waals surface area contributed by atoms with E-state index in [2.05, 4.69) is 0 Å². The van der Waals surface area contributed by atoms with Crippen LogP contribution in [0.3, 0.4) is 0 Å². The van der Waals surface area contributed by atoms with Gasteiger partial charge in [-0.15, -0.1) is 0 Å². The minimum atomic E-state index is -2.17. The SMILES string of the molecule is C[C@]1(O)[C@H](Oc2cc3oc(=O)ccc3cc2O)O[C@H](CO[C@@H]2OC[C@](O)(CO)[C@@]2(C)O)[C@@H](O)[C@@H]1O. The number of phenolic OH excluding ortho intramolecular Hbond substituents is 1. The van der Waals surface area contributed by atoms with Gasteiger partial charge in [-0.2, -0.15) is 0 Å². The lowest BCUT2D eigenvalue weighted by molar-refractivity contribution is -0.324. The second kappa shape index (κ2) is 8.96. The van der Waals surface area contributed by atoms with Crippen molar-refractivity contribution in [3.63, 3.8) is 0 Å². The zero-order valence-corrected chi connectivity index (χ0v) is 18.9. The number of benzene rings is 1. The van der Waals surface area contributed by atoms with Crippen LogP contribution in [0, 0.1) is 0 Å². The third-order valence-corrected chi connectivity index (χ3v) is 6.56. The van der Waals surface area contributed by atoms with Crippen molar-refractivity contribution in [1.29, 1.82) is 0 Å². The molecule has 7 N–H and O–H groups in total. The van der Waals surface area contributed by atoms with Gasteiger partial charge >= 0.3 is 5.63 Å². The van der Waals surface area contributed by atoms with Gasteiger partial charge in [-0.1, -0.05) is 0 Å². The monoisotopic (exact) mass is 500 g/mol. The molecule has 0 aliphatic carbocycles. The van der Waals surface area contributed by atoms with Gasteiger partial charge in [0.15, 0.2) is 23.4 Å². The van der Waals surface area contributed by atoms with Crippen LogP contribution in [0.5, 0.6) is 11.5 Å². The molecule has 0 unspecified atom stereocenters. The zero-order chi connectivity index (χ0) is 25.8. The number of ether oxygens (including phenoxy) is 4. The minimum absolute atomic E-state index is 0.0817. The van der Waals surface area contributed by atoms with E-state index in [-0.39, 0.29) is 17.1 Å². The summed E-state index contributed by atoms with van der Waals surface area (Å²) in [5.74, 6) is -0.617. The molecule has 3 heterocycles. The van der Waals surface area contributed by atoms with E-state index in [1.54, 1.807) is 0 Å². The van der Waals surface area contributed by atoms with E-state index >= 15 is 0 Å². The van der Waals surface area contributed by atoms with Crippen LogP contribution in [-0.4, -0.2) is 103 Å². The average molecular weight is 500 g/mol. The predicted octanol–water partition coefficient (Wildman–Crippen LogP) is -2.08. The first-order chi connectivity index (χ1) is 16.3. The average Bonchev–Trinajstić information content (AvgIpc) is 3.03. The molecule has 35 heavy (non-hydrogen) atoms. The molecule has 8 atom stereocenters. The minimum Gasteiger partial charge on any atom is -0.504 e. The second-order valence-corrected chi connectivity index (χ2v) is 9.21. The Balaban J connectivity index is 1.53. The number of aromatic hydroxyl groups is 1. The Kier molecular flexibility index (Phi) is 6.59. The zero-order valence-electron chi connectivity index (χ0n) is 18.9. The molecular formula is C22H28O13. The molecule has 2 aromatic rings. The molecule has 4 rings (SSSR count). The highest BCUT2D eigenvalue weighted by Crippen LogP contribution is 2.38. The number of hydrogen-bond donors (Lipinski definition) is 7. The van der Waals surface area contributed by atoms with Crippen molar-refractivity contribution in [1.82, 2.24) is 0 Å². The summed E-state index contributed by atoms with van der Waals surface area (Å²) in [7, 11) is 0. The molecule has 13 nitrogen and oxygen atoms in total. The molecule has 0 amide bonds. The fraction of sp³-hybridized carbons (Fsp3) is 0.591. The third kappa shape index (κ3) is 4.39. The van der Waals surface area contributed by atoms with Crippen molar-refractivity contribution in [2.24, 2.45) is 0 Å². The van der Waals surface area contributed by atoms with Crippen LogP contribution in [0.4, 0.5) is 0 Å². The van der Waals surface area contributed by atoms with Gasteiger partial charge in [-0.25, -0.2) is 4.79 Å². The van der Waals surface area contributed by atoms with Crippen molar-refractivity contribution in [2.45, 2.75) is 61.5 Å². The molecule has 194 valence electrons. The standard InChI is InChI=1S/C22H28O13/c1-20(28)17(27)16(26)14(7-31-19-21(2,29)22(30,8-23)9-32-19)35-18(20)34-13-6-12-10(5-11(13)24)3-4-15(25)33-12/h3-6,14,16-19,23-24,26-30H,7-9H2,1-2H3/t14-,16-,17+,18-,19-,20-,21+,22-/m1/s1. The quantitative estimate of drug-likeness (QED) is 0.213. The van der Waals surface area contributed by atoms with Crippen LogP contribution >= 0.6 is 0 Å². The lowest BCUT2D eigenvalue weighted by atomic mass is 9.87. The summed E-state index contributed by atoms with van der Waals surface area (Å²) in [4.78, 5) is 11.5. The van der Waals surface area contributed by atoms with Gasteiger partial charge < -0.3 is 59.1 Å². The molecule has 0 saturated carbocycles. The molecule has 0 bridgehead atoms. The van der Waals surface area contributed by atoms with Gasteiger partial charge in [-0.3, -0.25) is 0 Å². The van der Waals surface area contributed by atoms with Crippen LogP contribution < -0.4 is 10.4 Å². The Morgan fingerprint density at radius 1 is 1.11 bits per heavy atom. The maximum atomic E-state index is 11.5. The lowest BCUT2D eigenvalue weighted by Crippen LogP contribution is -2.67. The normalized spacial score (nSPS) is 39.7. The Morgan fingerprint density at radius 2 is 1.83 bits per heavy atom. The first-order valence-electron chi connectivity index (χ1n) is 10.8. The van der Waals surface area contributed by atoms with Crippen LogP contribution in [-0.2, 0) is 14.2 Å². The van der Waals surface area contributed by atoms with Crippen LogP contribution in [0.2, 0.25) is 0 Å². The first kappa shape index (κ1) is 25.8. The number of aliphatic hydroxyl groups is 6. The summed E-state index contributed by atoms with van der Waals surface area (Å²) in [5, 5.41) is 72.7. The topological polar surface area (TPSA) is 209 Å². The summed E-state index contributed by atoms with van der Waals surface area (Å²) in [6.07, 6.45) is -7.85.